The van der Waals surface area contributed by atoms with E-state index in [4.69, 9.17) is 14.9 Å². The molecule has 1 saturated heterocycles. The van der Waals surface area contributed by atoms with Crippen LogP contribution in [0, 0.1) is 0 Å². The number of rotatable bonds is 17. The third-order valence-electron chi connectivity index (χ3n) is 11.1. The molecule has 33 heteroatoms. The van der Waals surface area contributed by atoms with Crippen molar-refractivity contribution in [2.45, 2.75) is 37.8 Å². The van der Waals surface area contributed by atoms with Gasteiger partial charge < -0.3 is 73.3 Å². The van der Waals surface area contributed by atoms with E-state index < -0.39 is 60.4 Å². The Hall–Kier alpha value is -2.24. The van der Waals surface area contributed by atoms with Gasteiger partial charge in [-0.3, -0.25) is 22.9 Å². The van der Waals surface area contributed by atoms with E-state index in [2.05, 4.69) is 38.7 Å². The summed E-state index contributed by atoms with van der Waals surface area (Å²) in [5.41, 5.74) is 10.1. The molecule has 3 aliphatic rings. The van der Waals surface area contributed by atoms with Crippen LogP contribution in [-0.4, -0.2) is 100 Å². The van der Waals surface area contributed by atoms with E-state index in [1.54, 1.807) is 18.3 Å². The second-order valence-corrected chi connectivity index (χ2v) is 20.5. The summed E-state index contributed by atoms with van der Waals surface area (Å²) in [6.45, 7) is -0.590. The van der Waals surface area contributed by atoms with Crippen LogP contribution in [0.3, 0.4) is 0 Å². The number of anilines is 2. The molecule has 1 amide bonds. The SMILES string of the molecule is CN(C)c1ccc2c(-c3ccc(C(=O)NCCCn4cc(-c5cn([C@H]6C[C@H](O)[C@@H](COP(=O)([O-])OP(=O)([O-])OP(=O)([O-])[O-])O6)c6ncnc(N)c56)nn4)cc3C(=O)[O-])c3ccc(=[N+](C)C)cc-3oc2c1.[Na+].[Na+].[Na+].[Na+]. The number of aliphatic hydroxyl groups is 1. The molecule has 0 bridgehead atoms. The third-order valence-corrected chi connectivity index (χ3v) is 14.8. The number of phosphoric acid groups is 3. The first-order chi connectivity index (χ1) is 33.0. The van der Waals surface area contributed by atoms with Gasteiger partial charge in [0.1, 0.15) is 61.3 Å². The predicted octanol–water partition coefficient (Wildman–Crippen LogP) is -12.4. The molecule has 5 aromatic rings. The van der Waals surface area contributed by atoms with E-state index in [9.17, 15) is 53.1 Å². The number of nitrogen functional groups attached to an aromatic ring is 1. The van der Waals surface area contributed by atoms with Crippen molar-refractivity contribution in [3.05, 3.63) is 89.8 Å². The first kappa shape index (κ1) is 64.3. The second kappa shape index (κ2) is 26.1. The van der Waals surface area contributed by atoms with Crippen molar-refractivity contribution in [2.75, 3.05) is 52.0 Å². The number of ether oxygens (including phenoxy) is 1. The molecule has 26 nitrogen and oxygen atoms in total. The number of amides is 1. The van der Waals surface area contributed by atoms with Crippen molar-refractivity contribution in [3.8, 4) is 33.7 Å². The Labute approximate surface area is 509 Å². The summed E-state index contributed by atoms with van der Waals surface area (Å²) in [6.07, 6.45) is 0.636. The van der Waals surface area contributed by atoms with Gasteiger partial charge in [-0.1, -0.05) is 11.3 Å². The zero-order valence-electron chi connectivity index (χ0n) is 41.3. The minimum Gasteiger partial charge on any atom is -0.790 e. The van der Waals surface area contributed by atoms with E-state index in [0.717, 1.165) is 11.0 Å². The second-order valence-electron chi connectivity index (χ2n) is 16.3. The molecule has 2 aromatic carbocycles. The van der Waals surface area contributed by atoms with Gasteiger partial charge in [-0.2, -0.15) is 0 Å². The molecule has 0 radical (unpaired) electrons. The molecule has 74 heavy (non-hydrogen) atoms. The van der Waals surface area contributed by atoms with E-state index in [-0.39, 0.29) is 160 Å². The van der Waals surface area contributed by atoms with Crippen LogP contribution >= 0.6 is 23.5 Å². The van der Waals surface area contributed by atoms with E-state index in [0.29, 0.717) is 56.5 Å². The number of aryl methyl sites for hydroxylation is 1. The fourth-order valence-electron chi connectivity index (χ4n) is 7.87. The summed E-state index contributed by atoms with van der Waals surface area (Å²) in [5, 5.41) is 36.6. The summed E-state index contributed by atoms with van der Waals surface area (Å²) in [7, 11) is -10.7. The van der Waals surface area contributed by atoms with Gasteiger partial charge in [-0.15, -0.1) is 5.10 Å². The predicted molar refractivity (Wildman–Crippen MR) is 237 cm³/mol. The fraction of sp³-hybridized carbons (Fsp3) is 0.293. The molecule has 370 valence electrons. The largest absolute Gasteiger partial charge is 1.00 e. The first-order valence-corrected chi connectivity index (χ1v) is 25.2. The molecular formula is C41H41N10Na4O16P3. The van der Waals surface area contributed by atoms with Crippen LogP contribution in [0.2, 0.25) is 0 Å². The Balaban J connectivity index is 0.00000296. The average Bonchev–Trinajstić information content (AvgIpc) is 4.01. The van der Waals surface area contributed by atoms with Gasteiger partial charge in [0.05, 0.1) is 44.2 Å². The molecule has 5 heterocycles. The zero-order chi connectivity index (χ0) is 50.4. The molecule has 2 aliphatic heterocycles. The maximum Gasteiger partial charge on any atom is 1.00 e. The Morgan fingerprint density at radius 1 is 0.932 bits per heavy atom. The zero-order valence-corrected chi connectivity index (χ0v) is 51.9. The summed E-state index contributed by atoms with van der Waals surface area (Å²) in [6, 6.07) is 15.7. The first-order valence-electron chi connectivity index (χ1n) is 20.9. The van der Waals surface area contributed by atoms with Crippen molar-refractivity contribution >= 4 is 68.9 Å². The van der Waals surface area contributed by atoms with Crippen LogP contribution < -0.4 is 169 Å². The molecule has 3 aromatic heterocycles. The molecule has 8 rings (SSSR count). The van der Waals surface area contributed by atoms with Crippen LogP contribution in [0.4, 0.5) is 11.5 Å². The third kappa shape index (κ3) is 14.9. The smallest absolute Gasteiger partial charge is 0.790 e. The monoisotopic (exact) mass is 1110 g/mol. The molecule has 4 N–H and O–H groups in total. The number of aromatic carboxylic acids is 1. The molecule has 2 unspecified atom stereocenters. The average molecular weight is 1110 g/mol. The minimum atomic E-state index is -6.21. The number of aliphatic hydroxyl groups excluding tert-OH is 1. The van der Waals surface area contributed by atoms with E-state index >= 15 is 0 Å². The minimum absolute atomic E-state index is 0. The van der Waals surface area contributed by atoms with Crippen LogP contribution in [0.1, 0.15) is 39.8 Å². The van der Waals surface area contributed by atoms with E-state index in [1.165, 1.54) is 27.8 Å². The number of fused-ring (bicyclic) bond motifs is 3. The van der Waals surface area contributed by atoms with Crippen LogP contribution in [0.15, 0.2) is 77.7 Å². The number of phosphoric ester groups is 1. The standard InChI is InChI=1S/C41H45N10O16P3.4Na/c1-48(2)23-7-10-26-32(15-23)64-33-16-24(49(3)4)8-11-27(33)36(26)25-9-6-22(14-28(25)41(54)55)40(53)43-12-5-13-50-19-30(46-47-50)29-18-51(39-37(29)38(42)44-21-45-39)35-17-31(52)34(65-35)20-63-69(59,60)67-70(61,62)66-68(56,57)58;;;;/h6-11,14-16,18-19,21,31,34-35,52H,5,12-13,17,20H2,1-4H3,(H7-,42,43,44,45,53,54,55,56,57,58,59,60,61,62);;;;/q;4*+1/p-4/t31-,34+,35+;;;;/m0..../s1. The van der Waals surface area contributed by atoms with Crippen molar-refractivity contribution in [3.63, 3.8) is 0 Å². The number of hydrogen-bond acceptors (Lipinski definition) is 22. The molecule has 0 saturated carbocycles. The number of hydrogen-bond donors (Lipinski definition) is 3. The molecule has 5 atom stereocenters. The fourth-order valence-corrected chi connectivity index (χ4v) is 10.7. The number of carboxylic acid groups (broad SMARTS) is 1. The normalized spacial score (nSPS) is 17.0. The maximum atomic E-state index is 13.4. The number of aromatic nitrogens is 6. The van der Waals surface area contributed by atoms with Gasteiger partial charge in [0, 0.05) is 90.8 Å². The number of nitrogens with zero attached hydrogens (tertiary/aromatic N) is 8. The number of carbonyl (C=O) groups is 2. The van der Waals surface area contributed by atoms with Crippen molar-refractivity contribution in [1.29, 1.82) is 0 Å². The van der Waals surface area contributed by atoms with Gasteiger partial charge >= 0.3 is 118 Å². The van der Waals surface area contributed by atoms with Gasteiger partial charge in [-0.25, -0.2) is 18.9 Å². The summed E-state index contributed by atoms with van der Waals surface area (Å²) in [4.78, 5) is 81.4. The Morgan fingerprint density at radius 2 is 1.65 bits per heavy atom. The Bertz CT molecular complexity index is 3390. The van der Waals surface area contributed by atoms with Crippen molar-refractivity contribution in [1.82, 2.24) is 39.4 Å². The molecule has 1 fully saturated rings. The number of nitrogens with two attached hydrogens (primary N) is 1. The summed E-state index contributed by atoms with van der Waals surface area (Å²) >= 11 is 0. The number of carbonyl (C=O) groups excluding carboxylic acids is 2. The maximum absolute atomic E-state index is 13.4. The molecule has 1 aliphatic carbocycles. The van der Waals surface area contributed by atoms with Gasteiger partial charge in [-0.05, 0) is 42.3 Å². The van der Waals surface area contributed by atoms with Crippen LogP contribution in [0.25, 0.3) is 55.7 Å². The van der Waals surface area contributed by atoms with Crippen LogP contribution in [0.5, 0.6) is 0 Å². The van der Waals surface area contributed by atoms with Gasteiger partial charge in [0.2, 0.25) is 5.36 Å². The van der Waals surface area contributed by atoms with Gasteiger partial charge in [0.15, 0.2) is 0 Å². The van der Waals surface area contributed by atoms with Crippen molar-refractivity contribution in [2.24, 2.45) is 0 Å². The number of nitrogens with one attached hydrogen (secondary N) is 1. The molecular weight excluding hydrogens is 1070 g/mol. The van der Waals surface area contributed by atoms with E-state index in [1.807, 2.05) is 74.1 Å². The summed E-state index contributed by atoms with van der Waals surface area (Å²) in [5.74, 6) is -1.43. The summed E-state index contributed by atoms with van der Waals surface area (Å²) < 4.78 is 62.5. The van der Waals surface area contributed by atoms with Crippen molar-refractivity contribution < 1.29 is 194 Å². The Morgan fingerprint density at radius 3 is 2.32 bits per heavy atom. The topological polar surface area (TPSA) is 377 Å². The van der Waals surface area contributed by atoms with Gasteiger partial charge in [0.25, 0.3) is 21.6 Å². The number of carboxylic acids is 1. The molecule has 0 spiro atoms. The van der Waals surface area contributed by atoms with Crippen LogP contribution in [-0.2, 0) is 38.1 Å². The number of benzene rings is 3. The Kier molecular flexibility index (Phi) is 22.7. The quantitative estimate of drug-likeness (QED) is 0.0251.